The van der Waals surface area contributed by atoms with Crippen molar-refractivity contribution in [1.82, 2.24) is 9.97 Å². The Morgan fingerprint density at radius 3 is 2.85 bits per heavy atom. The van der Waals surface area contributed by atoms with E-state index >= 15 is 0 Å². The SMILES string of the molecule is O=C1COc2cnc(N3C[C@@H](C4CC4)OC[C@H]3c3ccccc3)nc2N1. The Kier molecular flexibility index (Phi) is 3.74. The first-order valence-electron chi connectivity index (χ1n) is 9.01. The molecule has 1 saturated heterocycles. The molecule has 1 aromatic heterocycles. The molecule has 3 heterocycles. The van der Waals surface area contributed by atoms with Crippen LogP contribution in [0.4, 0.5) is 11.8 Å². The number of nitrogens with one attached hydrogen (secondary N) is 1. The van der Waals surface area contributed by atoms with Crippen LogP contribution < -0.4 is 15.0 Å². The molecule has 3 aliphatic rings. The van der Waals surface area contributed by atoms with Crippen LogP contribution in [0.5, 0.6) is 5.75 Å². The number of anilines is 2. The van der Waals surface area contributed by atoms with Crippen molar-refractivity contribution in [2.45, 2.75) is 25.0 Å². The van der Waals surface area contributed by atoms with E-state index in [0.29, 0.717) is 30.0 Å². The van der Waals surface area contributed by atoms with Gasteiger partial charge in [0.1, 0.15) is 0 Å². The molecule has 1 amide bonds. The van der Waals surface area contributed by atoms with Crippen molar-refractivity contribution in [3.05, 3.63) is 42.1 Å². The molecule has 5 rings (SSSR count). The van der Waals surface area contributed by atoms with Crippen LogP contribution in [0.1, 0.15) is 24.4 Å². The van der Waals surface area contributed by atoms with Gasteiger partial charge in [-0.3, -0.25) is 4.79 Å². The van der Waals surface area contributed by atoms with Gasteiger partial charge < -0.3 is 19.7 Å². The lowest BCUT2D eigenvalue weighted by Gasteiger charge is -2.40. The molecule has 0 radical (unpaired) electrons. The monoisotopic (exact) mass is 352 g/mol. The van der Waals surface area contributed by atoms with Gasteiger partial charge in [0.15, 0.2) is 18.2 Å². The number of benzene rings is 1. The number of hydrogen-bond donors (Lipinski definition) is 1. The molecule has 2 fully saturated rings. The Balaban J connectivity index is 1.49. The third kappa shape index (κ3) is 2.88. The second-order valence-electron chi connectivity index (χ2n) is 7.01. The fourth-order valence-electron chi connectivity index (χ4n) is 3.61. The molecule has 1 N–H and O–H groups in total. The lowest BCUT2D eigenvalue weighted by atomic mass is 10.0. The zero-order valence-corrected chi connectivity index (χ0v) is 14.3. The molecule has 26 heavy (non-hydrogen) atoms. The standard InChI is InChI=1S/C19H20N4O3/c24-17-11-26-15-8-20-19(22-18(15)21-17)23-9-16(13-6-7-13)25-10-14(23)12-4-2-1-3-5-12/h1-5,8,13-14,16H,6-7,9-11H2,(H,20,21,22,24)/t14-,16-/m0/s1. The first-order chi connectivity index (χ1) is 12.8. The van der Waals surface area contributed by atoms with Gasteiger partial charge in [-0.2, -0.15) is 4.98 Å². The number of amides is 1. The van der Waals surface area contributed by atoms with Gasteiger partial charge in [0, 0.05) is 6.54 Å². The predicted octanol–water partition coefficient (Wildman–Crippen LogP) is 2.16. The van der Waals surface area contributed by atoms with Crippen LogP contribution in [0.25, 0.3) is 0 Å². The van der Waals surface area contributed by atoms with Gasteiger partial charge in [0.05, 0.1) is 24.9 Å². The highest BCUT2D eigenvalue weighted by Gasteiger charge is 2.40. The quantitative estimate of drug-likeness (QED) is 0.912. The number of carbonyl (C=O) groups excluding carboxylic acids is 1. The number of hydrogen-bond acceptors (Lipinski definition) is 6. The van der Waals surface area contributed by atoms with Crippen LogP contribution in [-0.2, 0) is 9.53 Å². The van der Waals surface area contributed by atoms with Crippen molar-refractivity contribution >= 4 is 17.7 Å². The van der Waals surface area contributed by atoms with Crippen molar-refractivity contribution in [1.29, 1.82) is 0 Å². The van der Waals surface area contributed by atoms with E-state index in [2.05, 4.69) is 32.3 Å². The van der Waals surface area contributed by atoms with Crippen LogP contribution in [0, 0.1) is 5.92 Å². The zero-order valence-electron chi connectivity index (χ0n) is 14.3. The van der Waals surface area contributed by atoms with Crippen molar-refractivity contribution < 1.29 is 14.3 Å². The van der Waals surface area contributed by atoms with Crippen molar-refractivity contribution in [3.63, 3.8) is 0 Å². The molecular formula is C19H20N4O3. The Hall–Kier alpha value is -2.67. The summed E-state index contributed by atoms with van der Waals surface area (Å²) >= 11 is 0. The maximum Gasteiger partial charge on any atom is 0.263 e. The maximum absolute atomic E-state index is 11.6. The van der Waals surface area contributed by atoms with Gasteiger partial charge in [-0.15, -0.1) is 0 Å². The molecule has 2 aromatic rings. The Morgan fingerprint density at radius 1 is 1.19 bits per heavy atom. The second kappa shape index (κ2) is 6.25. The molecule has 1 aromatic carbocycles. The minimum atomic E-state index is -0.195. The molecule has 7 nitrogen and oxygen atoms in total. The number of fused-ring (bicyclic) bond motifs is 1. The summed E-state index contributed by atoms with van der Waals surface area (Å²) in [6.07, 6.45) is 4.30. The largest absolute Gasteiger partial charge is 0.478 e. The van der Waals surface area contributed by atoms with Gasteiger partial charge >= 0.3 is 0 Å². The third-order valence-electron chi connectivity index (χ3n) is 5.17. The normalized spacial score (nSPS) is 25.2. The second-order valence-corrected chi connectivity index (χ2v) is 7.01. The van der Waals surface area contributed by atoms with Gasteiger partial charge in [-0.25, -0.2) is 4.98 Å². The number of ether oxygens (including phenoxy) is 2. The predicted molar refractivity (Wildman–Crippen MR) is 95.1 cm³/mol. The van der Waals surface area contributed by atoms with E-state index in [9.17, 15) is 4.79 Å². The molecule has 0 unspecified atom stereocenters. The van der Waals surface area contributed by atoms with Crippen molar-refractivity contribution in [2.24, 2.45) is 5.92 Å². The number of carbonyl (C=O) groups is 1. The van der Waals surface area contributed by atoms with E-state index in [0.717, 1.165) is 6.54 Å². The minimum absolute atomic E-state index is 0.00363. The molecule has 2 atom stereocenters. The Morgan fingerprint density at radius 2 is 2.04 bits per heavy atom. The summed E-state index contributed by atoms with van der Waals surface area (Å²) in [6, 6.07) is 10.3. The highest BCUT2D eigenvalue weighted by atomic mass is 16.5. The van der Waals surface area contributed by atoms with E-state index in [1.165, 1.54) is 18.4 Å². The summed E-state index contributed by atoms with van der Waals surface area (Å²) in [4.78, 5) is 22.9. The summed E-state index contributed by atoms with van der Waals surface area (Å²) in [5, 5.41) is 2.77. The lowest BCUT2D eigenvalue weighted by molar-refractivity contribution is -0.118. The molecule has 2 aliphatic heterocycles. The van der Waals surface area contributed by atoms with Gasteiger partial charge in [-0.1, -0.05) is 30.3 Å². The summed E-state index contributed by atoms with van der Waals surface area (Å²) < 4.78 is 11.5. The highest BCUT2D eigenvalue weighted by Crippen LogP contribution is 2.40. The molecule has 1 aliphatic carbocycles. The van der Waals surface area contributed by atoms with Crippen LogP contribution in [-0.4, -0.2) is 41.7 Å². The average Bonchev–Trinajstić information content (AvgIpc) is 3.53. The van der Waals surface area contributed by atoms with Crippen LogP contribution in [0.2, 0.25) is 0 Å². The summed E-state index contributed by atoms with van der Waals surface area (Å²) in [6.45, 7) is 1.36. The van der Waals surface area contributed by atoms with Crippen LogP contribution in [0.15, 0.2) is 36.5 Å². The Labute approximate surface area is 151 Å². The van der Waals surface area contributed by atoms with E-state index in [1.807, 2.05) is 18.2 Å². The molecule has 0 spiro atoms. The molecule has 7 heteroatoms. The molecule has 0 bridgehead atoms. The van der Waals surface area contributed by atoms with Crippen molar-refractivity contribution in [3.8, 4) is 5.75 Å². The zero-order chi connectivity index (χ0) is 17.5. The summed E-state index contributed by atoms with van der Waals surface area (Å²) in [5.41, 5.74) is 1.17. The highest BCUT2D eigenvalue weighted by molar-refractivity contribution is 5.94. The minimum Gasteiger partial charge on any atom is -0.478 e. The first kappa shape index (κ1) is 15.6. The third-order valence-corrected chi connectivity index (χ3v) is 5.17. The van der Waals surface area contributed by atoms with Crippen LogP contribution >= 0.6 is 0 Å². The van der Waals surface area contributed by atoms with Gasteiger partial charge in [0.2, 0.25) is 5.95 Å². The molecule has 134 valence electrons. The van der Waals surface area contributed by atoms with Crippen molar-refractivity contribution in [2.75, 3.05) is 30.0 Å². The molecular weight excluding hydrogens is 332 g/mol. The van der Waals surface area contributed by atoms with Crippen LogP contribution in [0.3, 0.4) is 0 Å². The maximum atomic E-state index is 11.6. The number of morpholine rings is 1. The lowest BCUT2D eigenvalue weighted by Crippen LogP contribution is -2.46. The fraction of sp³-hybridized carbons (Fsp3) is 0.421. The topological polar surface area (TPSA) is 76.6 Å². The number of rotatable bonds is 3. The molecule has 1 saturated carbocycles. The number of nitrogens with zero attached hydrogens (tertiary/aromatic N) is 3. The first-order valence-corrected chi connectivity index (χ1v) is 9.01. The average molecular weight is 352 g/mol. The number of aromatic nitrogens is 2. The Bertz CT molecular complexity index is 825. The van der Waals surface area contributed by atoms with E-state index in [4.69, 9.17) is 9.47 Å². The summed E-state index contributed by atoms with van der Waals surface area (Å²) in [7, 11) is 0. The van der Waals surface area contributed by atoms with Gasteiger partial charge in [0.25, 0.3) is 5.91 Å². The van der Waals surface area contributed by atoms with E-state index in [-0.39, 0.29) is 24.7 Å². The fourth-order valence-corrected chi connectivity index (χ4v) is 3.61. The van der Waals surface area contributed by atoms with E-state index < -0.39 is 0 Å². The van der Waals surface area contributed by atoms with E-state index in [1.54, 1.807) is 6.20 Å². The smallest absolute Gasteiger partial charge is 0.263 e. The summed E-state index contributed by atoms with van der Waals surface area (Å²) in [5.74, 6) is 1.98. The van der Waals surface area contributed by atoms with Gasteiger partial charge in [-0.05, 0) is 24.3 Å².